The monoisotopic (exact) mass is 294 g/mol. The van der Waals surface area contributed by atoms with E-state index in [1.54, 1.807) is 12.1 Å². The molecule has 1 aliphatic carbocycles. The third kappa shape index (κ3) is 4.97. The van der Waals surface area contributed by atoms with E-state index in [9.17, 15) is 9.50 Å². The van der Waals surface area contributed by atoms with Crippen LogP contribution in [0.15, 0.2) is 18.2 Å². The van der Waals surface area contributed by atoms with Gasteiger partial charge in [0.25, 0.3) is 0 Å². The van der Waals surface area contributed by atoms with Crippen molar-refractivity contribution in [3.63, 3.8) is 0 Å². The Morgan fingerprint density at radius 2 is 2.05 bits per heavy atom. The highest BCUT2D eigenvalue weighted by atomic mass is 19.1. The second-order valence-electron chi connectivity index (χ2n) is 6.05. The largest absolute Gasteiger partial charge is 0.505 e. The lowest BCUT2D eigenvalue weighted by Gasteiger charge is -2.31. The summed E-state index contributed by atoms with van der Waals surface area (Å²) in [5.41, 5.74) is 0.621. The van der Waals surface area contributed by atoms with Crippen LogP contribution in [0.25, 0.3) is 0 Å². The molecule has 0 unspecified atom stereocenters. The van der Waals surface area contributed by atoms with E-state index in [1.165, 1.54) is 38.2 Å². The van der Waals surface area contributed by atoms with Gasteiger partial charge < -0.3 is 15.3 Å². The molecular weight excluding hydrogens is 267 g/mol. The number of benzene rings is 1. The number of phenolic OH excluding ortho intramolecular Hbond substituents is 1. The van der Waals surface area contributed by atoms with Gasteiger partial charge in [-0.15, -0.1) is 0 Å². The molecule has 118 valence electrons. The van der Waals surface area contributed by atoms with Crippen molar-refractivity contribution < 1.29 is 9.50 Å². The Hall–Kier alpha value is -1.13. The molecule has 1 aliphatic rings. The summed E-state index contributed by atoms with van der Waals surface area (Å²) in [5, 5.41) is 12.9. The maximum Gasteiger partial charge on any atom is 0.165 e. The second-order valence-corrected chi connectivity index (χ2v) is 6.05. The Labute approximate surface area is 127 Å². The number of aromatic hydroxyl groups is 1. The van der Waals surface area contributed by atoms with Gasteiger partial charge in [-0.2, -0.15) is 0 Å². The van der Waals surface area contributed by atoms with Gasteiger partial charge >= 0.3 is 0 Å². The van der Waals surface area contributed by atoms with Crippen molar-refractivity contribution >= 4 is 0 Å². The van der Waals surface area contributed by atoms with Crippen molar-refractivity contribution in [3.8, 4) is 5.75 Å². The molecule has 2 rings (SSSR count). The van der Waals surface area contributed by atoms with Crippen LogP contribution < -0.4 is 5.32 Å². The molecule has 0 radical (unpaired) electrons. The number of nitrogens with zero attached hydrogens (tertiary/aromatic N) is 1. The molecule has 0 heterocycles. The average molecular weight is 294 g/mol. The minimum atomic E-state index is -0.550. The fraction of sp³-hybridized carbons (Fsp3) is 0.647. The zero-order valence-corrected chi connectivity index (χ0v) is 12.9. The zero-order chi connectivity index (χ0) is 15.1. The molecule has 0 bridgehead atoms. The van der Waals surface area contributed by atoms with Gasteiger partial charge in [-0.3, -0.25) is 0 Å². The van der Waals surface area contributed by atoms with E-state index in [4.69, 9.17) is 0 Å². The predicted octanol–water partition coefficient (Wildman–Crippen LogP) is 3.28. The van der Waals surface area contributed by atoms with E-state index in [1.807, 2.05) is 0 Å². The van der Waals surface area contributed by atoms with Crippen LogP contribution in [0.4, 0.5) is 4.39 Å². The van der Waals surface area contributed by atoms with Gasteiger partial charge in [0.05, 0.1) is 0 Å². The van der Waals surface area contributed by atoms with Crippen LogP contribution in [0, 0.1) is 5.82 Å². The summed E-state index contributed by atoms with van der Waals surface area (Å²) in [6, 6.07) is 5.41. The Balaban J connectivity index is 1.62. The fourth-order valence-electron chi connectivity index (χ4n) is 3.08. The number of nitrogens with one attached hydrogen (secondary N) is 1. The molecule has 1 aromatic rings. The van der Waals surface area contributed by atoms with Gasteiger partial charge in [0.15, 0.2) is 11.6 Å². The van der Waals surface area contributed by atoms with Gasteiger partial charge in [0.1, 0.15) is 0 Å². The first kappa shape index (κ1) is 16.2. The maximum absolute atomic E-state index is 13.2. The van der Waals surface area contributed by atoms with Crippen molar-refractivity contribution in [2.75, 3.05) is 20.1 Å². The summed E-state index contributed by atoms with van der Waals surface area (Å²) in [7, 11) is 2.22. The molecule has 1 fully saturated rings. The molecule has 0 amide bonds. The van der Waals surface area contributed by atoms with Crippen molar-refractivity contribution in [3.05, 3.63) is 29.6 Å². The predicted molar refractivity (Wildman–Crippen MR) is 83.9 cm³/mol. The Morgan fingerprint density at radius 3 is 2.81 bits per heavy atom. The summed E-state index contributed by atoms with van der Waals surface area (Å²) in [6.07, 6.45) is 7.87. The van der Waals surface area contributed by atoms with Gasteiger partial charge in [-0.25, -0.2) is 4.39 Å². The molecule has 4 heteroatoms. The third-order valence-corrected chi connectivity index (χ3v) is 4.45. The van der Waals surface area contributed by atoms with Gasteiger partial charge in [-0.1, -0.05) is 31.4 Å². The van der Waals surface area contributed by atoms with E-state index >= 15 is 0 Å². The lowest BCUT2D eigenvalue weighted by molar-refractivity contribution is 0.189. The molecule has 0 aromatic heterocycles. The first-order chi connectivity index (χ1) is 10.2. The minimum absolute atomic E-state index is 0.232. The van der Waals surface area contributed by atoms with Crippen LogP contribution in [0.1, 0.15) is 44.1 Å². The molecule has 2 N–H and O–H groups in total. The van der Waals surface area contributed by atoms with Crippen LogP contribution in [-0.2, 0) is 6.54 Å². The lowest BCUT2D eigenvalue weighted by atomic mass is 9.94. The average Bonchev–Trinajstić information content (AvgIpc) is 2.51. The first-order valence-electron chi connectivity index (χ1n) is 8.06. The van der Waals surface area contributed by atoms with Crippen molar-refractivity contribution in [1.82, 2.24) is 10.2 Å². The van der Waals surface area contributed by atoms with E-state index < -0.39 is 5.82 Å². The summed E-state index contributed by atoms with van der Waals surface area (Å²) < 4.78 is 13.2. The quantitative estimate of drug-likeness (QED) is 0.758. The Kier molecular flexibility index (Phi) is 6.46. The summed E-state index contributed by atoms with van der Waals surface area (Å²) in [4.78, 5) is 2.47. The maximum atomic E-state index is 13.2. The Morgan fingerprint density at radius 1 is 1.29 bits per heavy atom. The molecule has 1 aromatic carbocycles. The fourth-order valence-corrected chi connectivity index (χ4v) is 3.08. The van der Waals surface area contributed by atoms with Crippen LogP contribution >= 0.6 is 0 Å². The van der Waals surface area contributed by atoms with Crippen LogP contribution in [-0.4, -0.2) is 36.2 Å². The topological polar surface area (TPSA) is 35.5 Å². The van der Waals surface area contributed by atoms with Gasteiger partial charge in [0, 0.05) is 18.2 Å². The zero-order valence-electron chi connectivity index (χ0n) is 12.9. The van der Waals surface area contributed by atoms with Crippen molar-refractivity contribution in [2.24, 2.45) is 0 Å². The van der Waals surface area contributed by atoms with Crippen molar-refractivity contribution in [1.29, 1.82) is 0 Å². The molecular formula is C17H27FN2O. The highest BCUT2D eigenvalue weighted by Gasteiger charge is 2.17. The number of hydrogen-bond acceptors (Lipinski definition) is 3. The van der Waals surface area contributed by atoms with E-state index in [0.717, 1.165) is 25.6 Å². The molecule has 3 nitrogen and oxygen atoms in total. The first-order valence-corrected chi connectivity index (χ1v) is 8.06. The normalized spacial score (nSPS) is 16.5. The number of rotatable bonds is 7. The smallest absolute Gasteiger partial charge is 0.165 e. The lowest BCUT2D eigenvalue weighted by Crippen LogP contribution is -2.35. The third-order valence-electron chi connectivity index (χ3n) is 4.45. The number of halogens is 1. The summed E-state index contributed by atoms with van der Waals surface area (Å²) in [5.74, 6) is -0.782. The van der Waals surface area contributed by atoms with Crippen LogP contribution in [0.2, 0.25) is 0 Å². The van der Waals surface area contributed by atoms with Gasteiger partial charge in [0.2, 0.25) is 0 Å². The van der Waals surface area contributed by atoms with E-state index in [0.29, 0.717) is 12.1 Å². The molecule has 0 saturated heterocycles. The second kappa shape index (κ2) is 8.35. The summed E-state index contributed by atoms with van der Waals surface area (Å²) >= 11 is 0. The molecule has 0 spiro atoms. The number of para-hydroxylation sites is 1. The Bertz CT molecular complexity index is 433. The van der Waals surface area contributed by atoms with E-state index in [2.05, 4.69) is 17.3 Å². The number of phenols is 1. The standard InChI is InChI=1S/C17H27FN2O/c1-20(15-8-3-2-4-9-15)12-6-11-19-13-14-7-5-10-16(18)17(14)21/h5,7,10,15,19,21H,2-4,6,8-9,11-13H2,1H3. The highest BCUT2D eigenvalue weighted by molar-refractivity contribution is 5.33. The molecule has 21 heavy (non-hydrogen) atoms. The van der Waals surface area contributed by atoms with E-state index in [-0.39, 0.29) is 5.75 Å². The highest BCUT2D eigenvalue weighted by Crippen LogP contribution is 2.22. The van der Waals surface area contributed by atoms with Crippen LogP contribution in [0.3, 0.4) is 0 Å². The molecule has 1 saturated carbocycles. The van der Waals surface area contributed by atoms with Crippen LogP contribution in [0.5, 0.6) is 5.75 Å². The van der Waals surface area contributed by atoms with Crippen molar-refractivity contribution in [2.45, 2.75) is 51.1 Å². The van der Waals surface area contributed by atoms with Gasteiger partial charge in [-0.05, 0) is 45.5 Å². The molecule has 0 aliphatic heterocycles. The summed E-state index contributed by atoms with van der Waals surface area (Å²) in [6.45, 7) is 2.48. The SMILES string of the molecule is CN(CCCNCc1cccc(F)c1O)C1CCCCC1. The molecule has 0 atom stereocenters. The number of hydrogen-bond donors (Lipinski definition) is 2. The minimum Gasteiger partial charge on any atom is -0.505 e.